The summed E-state index contributed by atoms with van der Waals surface area (Å²) in [5, 5.41) is 3.30. The predicted molar refractivity (Wildman–Crippen MR) is 131 cm³/mol. The first-order valence-electron chi connectivity index (χ1n) is 10.9. The van der Waals surface area contributed by atoms with Gasteiger partial charge in [0.25, 0.3) is 0 Å². The number of amides is 2. The van der Waals surface area contributed by atoms with Crippen LogP contribution in [0.2, 0.25) is 5.02 Å². The Hall–Kier alpha value is -2.05. The van der Waals surface area contributed by atoms with Crippen molar-refractivity contribution in [1.29, 1.82) is 0 Å². The highest BCUT2D eigenvalue weighted by molar-refractivity contribution is 7.99. The van der Waals surface area contributed by atoms with Gasteiger partial charge < -0.3 is 10.2 Å². The van der Waals surface area contributed by atoms with Crippen molar-refractivity contribution in [3.05, 3.63) is 70.0 Å². The molecular weight excluding hydrogens is 447 g/mol. The zero-order valence-corrected chi connectivity index (χ0v) is 20.7. The van der Waals surface area contributed by atoms with E-state index in [4.69, 9.17) is 11.6 Å². The molecule has 4 nitrogen and oxygen atoms in total. The number of halogens is 2. The summed E-state index contributed by atoms with van der Waals surface area (Å²) < 4.78 is 14.0. The first-order valence-corrected chi connectivity index (χ1v) is 12.4. The molecule has 2 aromatic carbocycles. The zero-order chi connectivity index (χ0) is 23.7. The van der Waals surface area contributed by atoms with E-state index in [1.54, 1.807) is 17.0 Å². The van der Waals surface area contributed by atoms with Gasteiger partial charge >= 0.3 is 0 Å². The molecule has 0 radical (unpaired) electrons. The fraction of sp³-hybridized carbons (Fsp3) is 0.440. The number of aryl methyl sites for hydroxylation is 1. The molecule has 2 rings (SSSR count). The monoisotopic (exact) mass is 478 g/mol. The van der Waals surface area contributed by atoms with Crippen LogP contribution in [-0.2, 0) is 21.9 Å². The van der Waals surface area contributed by atoms with Gasteiger partial charge in [0.05, 0.1) is 5.75 Å². The molecule has 2 aromatic rings. The third-order valence-electron chi connectivity index (χ3n) is 5.08. The average molecular weight is 479 g/mol. The van der Waals surface area contributed by atoms with Crippen molar-refractivity contribution in [3.8, 4) is 0 Å². The number of carbonyl (C=O) groups is 2. The van der Waals surface area contributed by atoms with Crippen LogP contribution in [0.5, 0.6) is 0 Å². The Labute approximate surface area is 199 Å². The zero-order valence-electron chi connectivity index (χ0n) is 19.2. The molecule has 0 spiro atoms. The molecule has 0 heterocycles. The highest BCUT2D eigenvalue weighted by Gasteiger charge is 2.28. The molecule has 32 heavy (non-hydrogen) atoms. The number of hydrogen-bond acceptors (Lipinski definition) is 3. The van der Waals surface area contributed by atoms with Crippen molar-refractivity contribution in [2.75, 3.05) is 12.3 Å². The molecular formula is C25H32ClFN2O2S. The maximum absolute atomic E-state index is 14.0. The summed E-state index contributed by atoms with van der Waals surface area (Å²) in [6.45, 7) is 8.87. The van der Waals surface area contributed by atoms with Gasteiger partial charge in [-0.25, -0.2) is 4.39 Å². The van der Waals surface area contributed by atoms with Crippen molar-refractivity contribution < 1.29 is 14.0 Å². The second-order valence-electron chi connectivity index (χ2n) is 8.26. The number of benzene rings is 2. The van der Waals surface area contributed by atoms with Crippen LogP contribution in [0.25, 0.3) is 0 Å². The summed E-state index contributed by atoms with van der Waals surface area (Å²) in [4.78, 5) is 27.7. The average Bonchev–Trinajstić information content (AvgIpc) is 2.75. The summed E-state index contributed by atoms with van der Waals surface area (Å²) in [5.41, 5.74) is 2.48. The highest BCUT2D eigenvalue weighted by Crippen LogP contribution is 2.24. The third-order valence-corrected chi connectivity index (χ3v) is 6.38. The smallest absolute Gasteiger partial charge is 0.242 e. The molecule has 0 saturated carbocycles. The molecule has 0 aliphatic rings. The highest BCUT2D eigenvalue weighted by atomic mass is 35.5. The van der Waals surface area contributed by atoms with Crippen LogP contribution >= 0.6 is 23.4 Å². The summed E-state index contributed by atoms with van der Waals surface area (Å²) in [7, 11) is 0. The van der Waals surface area contributed by atoms with E-state index in [1.165, 1.54) is 17.8 Å². The second kappa shape index (κ2) is 12.9. The van der Waals surface area contributed by atoms with Gasteiger partial charge in [0.2, 0.25) is 11.8 Å². The fourth-order valence-electron chi connectivity index (χ4n) is 3.23. The Morgan fingerprint density at radius 2 is 1.84 bits per heavy atom. The first kappa shape index (κ1) is 26.2. The molecule has 0 fully saturated rings. The molecule has 0 saturated heterocycles. The number of hydrogen-bond donors (Lipinski definition) is 1. The Balaban J connectivity index is 2.15. The van der Waals surface area contributed by atoms with Gasteiger partial charge in [-0.05, 0) is 37.0 Å². The largest absolute Gasteiger partial charge is 0.354 e. The molecule has 1 atom stereocenters. The molecule has 2 amide bonds. The van der Waals surface area contributed by atoms with E-state index in [-0.39, 0.29) is 29.1 Å². The van der Waals surface area contributed by atoms with Crippen molar-refractivity contribution in [1.82, 2.24) is 10.2 Å². The van der Waals surface area contributed by atoms with Gasteiger partial charge in [-0.3, -0.25) is 9.59 Å². The van der Waals surface area contributed by atoms with E-state index in [2.05, 4.69) is 5.32 Å². The van der Waals surface area contributed by atoms with Crippen molar-refractivity contribution >= 4 is 35.2 Å². The van der Waals surface area contributed by atoms with E-state index >= 15 is 0 Å². The number of nitrogens with zero attached hydrogens (tertiary/aromatic N) is 1. The van der Waals surface area contributed by atoms with Crippen LogP contribution in [0.3, 0.4) is 0 Å². The third kappa shape index (κ3) is 7.82. The Bertz CT molecular complexity index is 885. The maximum atomic E-state index is 14.0. The molecule has 0 aliphatic carbocycles. The number of thioether (sulfide) groups is 1. The van der Waals surface area contributed by atoms with Gasteiger partial charge in [0.1, 0.15) is 11.9 Å². The first-order chi connectivity index (χ1) is 15.2. The normalized spacial score (nSPS) is 12.0. The quantitative estimate of drug-likeness (QED) is 0.457. The lowest BCUT2D eigenvalue weighted by molar-refractivity contribution is -0.139. The van der Waals surface area contributed by atoms with Crippen LogP contribution in [0.4, 0.5) is 4.39 Å². The van der Waals surface area contributed by atoms with Crippen LogP contribution in [0.1, 0.15) is 43.9 Å². The lowest BCUT2D eigenvalue weighted by atomic mass is 10.1. The van der Waals surface area contributed by atoms with Crippen LogP contribution in [0, 0.1) is 18.7 Å². The standard InChI is InChI=1S/C25H32ClFN2O2S/c1-5-23(25(31)28-13-17(2)3)29(14-19-11-9-18(4)10-12-19)24(30)16-32-15-20-21(26)7-6-8-22(20)27/h6-12,17,23H,5,13-16H2,1-4H3,(H,28,31)/t23-/m1/s1. The van der Waals surface area contributed by atoms with E-state index in [1.807, 2.05) is 52.0 Å². The van der Waals surface area contributed by atoms with Gasteiger partial charge in [-0.2, -0.15) is 0 Å². The lowest BCUT2D eigenvalue weighted by Crippen LogP contribution is -2.50. The topological polar surface area (TPSA) is 49.4 Å². The summed E-state index contributed by atoms with van der Waals surface area (Å²) in [6, 6.07) is 11.9. The van der Waals surface area contributed by atoms with Crippen LogP contribution < -0.4 is 5.32 Å². The molecule has 1 N–H and O–H groups in total. The van der Waals surface area contributed by atoms with Gasteiger partial charge in [-0.1, -0.05) is 68.3 Å². The molecule has 7 heteroatoms. The van der Waals surface area contributed by atoms with Crippen molar-refractivity contribution in [2.45, 2.75) is 52.5 Å². The summed E-state index contributed by atoms with van der Waals surface area (Å²) in [5.74, 6) is 0.0433. The Morgan fingerprint density at radius 1 is 1.16 bits per heavy atom. The molecule has 0 aromatic heterocycles. The van der Waals surface area contributed by atoms with Crippen LogP contribution in [0.15, 0.2) is 42.5 Å². The lowest BCUT2D eigenvalue weighted by Gasteiger charge is -2.31. The van der Waals surface area contributed by atoms with Crippen LogP contribution in [-0.4, -0.2) is 35.1 Å². The van der Waals surface area contributed by atoms with Crippen molar-refractivity contribution in [2.24, 2.45) is 5.92 Å². The van der Waals surface area contributed by atoms with Gasteiger partial charge in [-0.15, -0.1) is 11.8 Å². The van der Waals surface area contributed by atoms with E-state index < -0.39 is 6.04 Å². The number of carbonyl (C=O) groups excluding carboxylic acids is 2. The Morgan fingerprint density at radius 3 is 2.44 bits per heavy atom. The number of rotatable bonds is 11. The predicted octanol–water partition coefficient (Wildman–Crippen LogP) is 5.60. The molecule has 174 valence electrons. The van der Waals surface area contributed by atoms with Crippen molar-refractivity contribution in [3.63, 3.8) is 0 Å². The fourth-order valence-corrected chi connectivity index (χ4v) is 4.47. The SMILES string of the molecule is CC[C@H](C(=O)NCC(C)C)N(Cc1ccc(C)cc1)C(=O)CSCc1c(F)cccc1Cl. The molecule has 0 bridgehead atoms. The Kier molecular flexibility index (Phi) is 10.5. The maximum Gasteiger partial charge on any atom is 0.242 e. The minimum Gasteiger partial charge on any atom is -0.354 e. The summed E-state index contributed by atoms with van der Waals surface area (Å²) in [6.07, 6.45) is 0.505. The number of nitrogens with one attached hydrogen (secondary N) is 1. The molecule has 0 unspecified atom stereocenters. The van der Waals surface area contributed by atoms with Gasteiger partial charge in [0, 0.05) is 29.4 Å². The minimum absolute atomic E-state index is 0.129. The van der Waals surface area contributed by atoms with E-state index in [9.17, 15) is 14.0 Å². The summed E-state index contributed by atoms with van der Waals surface area (Å²) >= 11 is 7.40. The van der Waals surface area contributed by atoms with E-state index in [0.29, 0.717) is 36.0 Å². The van der Waals surface area contributed by atoms with Gasteiger partial charge in [0.15, 0.2) is 0 Å². The second-order valence-corrected chi connectivity index (χ2v) is 9.66. The molecule has 0 aliphatic heterocycles. The van der Waals surface area contributed by atoms with E-state index in [0.717, 1.165) is 11.1 Å². The minimum atomic E-state index is -0.569.